The summed E-state index contributed by atoms with van der Waals surface area (Å²) in [6.45, 7) is 2.00. The van der Waals surface area contributed by atoms with Crippen molar-refractivity contribution in [3.05, 3.63) is 64.2 Å². The molecule has 2 aromatic rings. The molecule has 4 nitrogen and oxygen atoms in total. The summed E-state index contributed by atoms with van der Waals surface area (Å²) in [6, 6.07) is 14.7. The molecule has 0 aliphatic heterocycles. The molecule has 1 aliphatic rings. The number of nitriles is 1. The first-order valence-corrected chi connectivity index (χ1v) is 10.1. The lowest BCUT2D eigenvalue weighted by atomic mass is 9.73. The maximum Gasteiger partial charge on any atom is 0.256 e. The highest BCUT2D eigenvalue weighted by molar-refractivity contribution is 6.32. The van der Waals surface area contributed by atoms with Gasteiger partial charge in [0.15, 0.2) is 0 Å². The average Bonchev–Trinajstić information content (AvgIpc) is 2.68. The van der Waals surface area contributed by atoms with Crippen LogP contribution in [0.3, 0.4) is 0 Å². The molecule has 146 valence electrons. The number of amides is 1. The molecule has 1 saturated carbocycles. The van der Waals surface area contributed by atoms with E-state index >= 15 is 0 Å². The first-order valence-electron chi connectivity index (χ1n) is 9.71. The van der Waals surface area contributed by atoms with Crippen molar-refractivity contribution in [3.8, 4) is 6.07 Å². The number of hydrogen-bond acceptors (Lipinski definition) is 3. The van der Waals surface area contributed by atoms with Gasteiger partial charge in [0.05, 0.1) is 10.6 Å². The van der Waals surface area contributed by atoms with Gasteiger partial charge in [0.25, 0.3) is 5.91 Å². The van der Waals surface area contributed by atoms with Crippen LogP contribution in [0.1, 0.15) is 48.8 Å². The van der Waals surface area contributed by atoms with Crippen LogP contribution in [0.2, 0.25) is 5.02 Å². The smallest absolute Gasteiger partial charge is 0.256 e. The minimum atomic E-state index is -1.49. The van der Waals surface area contributed by atoms with Gasteiger partial charge >= 0.3 is 0 Å². The minimum Gasteiger partial charge on any atom is -0.379 e. The van der Waals surface area contributed by atoms with E-state index in [1.165, 1.54) is 0 Å². The number of aliphatic hydroxyl groups is 1. The molecular formula is C23H25ClN2O2. The van der Waals surface area contributed by atoms with E-state index in [1.807, 2.05) is 37.3 Å². The fourth-order valence-electron chi connectivity index (χ4n) is 4.05. The third kappa shape index (κ3) is 4.55. The predicted molar refractivity (Wildman–Crippen MR) is 111 cm³/mol. The standard InChI is InChI=1S/C23H25ClN2O2/c1-16-6-5-7-17(12-16)14-23(28,19-8-3-2-4-9-19)22(27)26-20-11-10-18(15-25)21(24)13-20/h5-7,10-13,19,28H,2-4,8-9,14H2,1H3,(H,26,27). The van der Waals surface area contributed by atoms with Crippen LogP contribution in [-0.4, -0.2) is 16.6 Å². The number of nitrogens with zero attached hydrogens (tertiary/aromatic N) is 1. The fourth-order valence-corrected chi connectivity index (χ4v) is 4.27. The van der Waals surface area contributed by atoms with Crippen molar-refractivity contribution in [1.82, 2.24) is 0 Å². The van der Waals surface area contributed by atoms with Crippen molar-refractivity contribution in [2.45, 2.75) is 51.0 Å². The van der Waals surface area contributed by atoms with Gasteiger partial charge in [0.2, 0.25) is 0 Å². The summed E-state index contributed by atoms with van der Waals surface area (Å²) in [5, 5.41) is 23.7. The molecule has 1 amide bonds. The quantitative estimate of drug-likeness (QED) is 0.745. The Bertz CT molecular complexity index is 900. The van der Waals surface area contributed by atoms with E-state index in [9.17, 15) is 9.90 Å². The summed E-state index contributed by atoms with van der Waals surface area (Å²) in [5.74, 6) is -0.503. The van der Waals surface area contributed by atoms with Gasteiger partial charge in [-0.1, -0.05) is 60.7 Å². The normalized spacial score (nSPS) is 16.8. The van der Waals surface area contributed by atoms with Crippen LogP contribution in [0.5, 0.6) is 0 Å². The molecule has 0 heterocycles. The summed E-state index contributed by atoms with van der Waals surface area (Å²) in [7, 11) is 0. The van der Waals surface area contributed by atoms with Gasteiger partial charge in [-0.15, -0.1) is 0 Å². The van der Waals surface area contributed by atoms with Crippen molar-refractivity contribution in [3.63, 3.8) is 0 Å². The number of rotatable bonds is 5. The Hall–Kier alpha value is -2.35. The number of anilines is 1. The molecule has 5 heteroatoms. The molecule has 1 fully saturated rings. The van der Waals surface area contributed by atoms with Crippen molar-refractivity contribution < 1.29 is 9.90 Å². The molecule has 1 unspecified atom stereocenters. The molecule has 2 N–H and O–H groups in total. The molecule has 3 rings (SSSR count). The van der Waals surface area contributed by atoms with Gasteiger partial charge in [-0.3, -0.25) is 4.79 Å². The van der Waals surface area contributed by atoms with Gasteiger partial charge in [0, 0.05) is 12.1 Å². The Kier molecular flexibility index (Phi) is 6.39. The number of benzene rings is 2. The zero-order valence-electron chi connectivity index (χ0n) is 16.0. The Morgan fingerprint density at radius 2 is 2.00 bits per heavy atom. The predicted octanol–water partition coefficient (Wildman–Crippen LogP) is 5.01. The van der Waals surface area contributed by atoms with Crippen molar-refractivity contribution in [2.24, 2.45) is 5.92 Å². The SMILES string of the molecule is Cc1cccc(CC(O)(C(=O)Nc2ccc(C#N)c(Cl)c2)C2CCCCC2)c1. The number of aryl methyl sites for hydroxylation is 1. The highest BCUT2D eigenvalue weighted by atomic mass is 35.5. The van der Waals surface area contributed by atoms with E-state index in [1.54, 1.807) is 18.2 Å². The van der Waals surface area contributed by atoms with Crippen LogP contribution in [0.15, 0.2) is 42.5 Å². The Morgan fingerprint density at radius 3 is 2.64 bits per heavy atom. The maximum absolute atomic E-state index is 13.2. The average molecular weight is 397 g/mol. The zero-order chi connectivity index (χ0) is 20.1. The van der Waals surface area contributed by atoms with Gasteiger partial charge in [-0.05, 0) is 49.4 Å². The van der Waals surface area contributed by atoms with E-state index in [4.69, 9.17) is 16.9 Å². The van der Waals surface area contributed by atoms with Crippen LogP contribution < -0.4 is 5.32 Å². The first-order chi connectivity index (χ1) is 13.4. The van der Waals surface area contributed by atoms with Crippen LogP contribution >= 0.6 is 11.6 Å². The van der Waals surface area contributed by atoms with Gasteiger partial charge in [-0.25, -0.2) is 0 Å². The molecule has 28 heavy (non-hydrogen) atoms. The zero-order valence-corrected chi connectivity index (χ0v) is 16.8. The Balaban J connectivity index is 1.88. The molecule has 0 bridgehead atoms. The van der Waals surface area contributed by atoms with E-state index in [-0.39, 0.29) is 17.4 Å². The molecule has 0 saturated heterocycles. The molecule has 2 aromatic carbocycles. The summed E-state index contributed by atoms with van der Waals surface area (Å²) in [6.07, 6.45) is 5.14. The number of carbonyl (C=O) groups excluding carboxylic acids is 1. The second-order valence-corrected chi connectivity index (χ2v) is 8.09. The number of hydrogen-bond donors (Lipinski definition) is 2. The highest BCUT2D eigenvalue weighted by Crippen LogP contribution is 2.36. The van der Waals surface area contributed by atoms with Crippen LogP contribution in [0, 0.1) is 24.2 Å². The minimum absolute atomic E-state index is 0.0874. The topological polar surface area (TPSA) is 73.1 Å². The summed E-state index contributed by atoms with van der Waals surface area (Å²) in [4.78, 5) is 13.2. The van der Waals surface area contributed by atoms with Crippen molar-refractivity contribution in [2.75, 3.05) is 5.32 Å². The largest absolute Gasteiger partial charge is 0.379 e. The van der Waals surface area contributed by atoms with Gasteiger partial charge < -0.3 is 10.4 Å². The Morgan fingerprint density at radius 1 is 1.25 bits per heavy atom. The van der Waals surface area contributed by atoms with E-state index in [2.05, 4.69) is 5.32 Å². The summed E-state index contributed by atoms with van der Waals surface area (Å²) >= 11 is 6.09. The first kappa shape index (κ1) is 20.4. The molecular weight excluding hydrogens is 372 g/mol. The van der Waals surface area contributed by atoms with E-state index in [0.29, 0.717) is 11.3 Å². The maximum atomic E-state index is 13.2. The lowest BCUT2D eigenvalue weighted by Crippen LogP contribution is -2.51. The second kappa shape index (κ2) is 8.77. The molecule has 0 radical (unpaired) electrons. The van der Waals surface area contributed by atoms with Gasteiger partial charge in [0.1, 0.15) is 11.7 Å². The number of carbonyl (C=O) groups is 1. The second-order valence-electron chi connectivity index (χ2n) is 7.69. The van der Waals surface area contributed by atoms with Crippen molar-refractivity contribution >= 4 is 23.2 Å². The lowest BCUT2D eigenvalue weighted by Gasteiger charge is -2.37. The van der Waals surface area contributed by atoms with Crippen LogP contribution in [-0.2, 0) is 11.2 Å². The van der Waals surface area contributed by atoms with E-state index < -0.39 is 11.5 Å². The van der Waals surface area contributed by atoms with Crippen LogP contribution in [0.4, 0.5) is 5.69 Å². The summed E-state index contributed by atoms with van der Waals surface area (Å²) in [5.41, 5.74) is 1.38. The van der Waals surface area contributed by atoms with E-state index in [0.717, 1.165) is 43.2 Å². The van der Waals surface area contributed by atoms with Crippen molar-refractivity contribution in [1.29, 1.82) is 5.26 Å². The lowest BCUT2D eigenvalue weighted by molar-refractivity contribution is -0.141. The highest BCUT2D eigenvalue weighted by Gasteiger charge is 2.44. The number of halogens is 1. The van der Waals surface area contributed by atoms with Crippen LogP contribution in [0.25, 0.3) is 0 Å². The van der Waals surface area contributed by atoms with Gasteiger partial charge in [-0.2, -0.15) is 5.26 Å². The monoisotopic (exact) mass is 396 g/mol. The Labute approximate surface area is 171 Å². The number of nitrogens with one attached hydrogen (secondary N) is 1. The molecule has 0 spiro atoms. The molecule has 1 atom stereocenters. The third-order valence-electron chi connectivity index (χ3n) is 5.58. The fraction of sp³-hybridized carbons (Fsp3) is 0.391. The molecule has 0 aromatic heterocycles. The summed E-state index contributed by atoms with van der Waals surface area (Å²) < 4.78 is 0. The third-order valence-corrected chi connectivity index (χ3v) is 5.89. The molecule has 1 aliphatic carbocycles.